The van der Waals surface area contributed by atoms with E-state index in [9.17, 15) is 9.59 Å². The Morgan fingerprint density at radius 1 is 1.12 bits per heavy atom. The molecule has 2 amide bonds. The highest BCUT2D eigenvalue weighted by Gasteiger charge is 2.39. The molecule has 9 nitrogen and oxygen atoms in total. The predicted molar refractivity (Wildman–Crippen MR) is 124 cm³/mol. The molecule has 0 aliphatic carbocycles. The Morgan fingerprint density at radius 3 is 2.59 bits per heavy atom. The molecule has 0 bridgehead atoms. The van der Waals surface area contributed by atoms with Gasteiger partial charge in [0.2, 0.25) is 12.1 Å². The van der Waals surface area contributed by atoms with E-state index in [2.05, 4.69) is 15.8 Å². The first kappa shape index (κ1) is 21.6. The summed E-state index contributed by atoms with van der Waals surface area (Å²) in [6.07, 6.45) is 2.77. The Bertz CT molecular complexity index is 1070. The number of ether oxygens (including phenoxy) is 2. The molecule has 2 heterocycles. The Balaban J connectivity index is 1.40. The fraction of sp³-hybridized carbons (Fsp3) is 0.227. The van der Waals surface area contributed by atoms with Gasteiger partial charge in [0.05, 0.1) is 25.2 Å². The Labute approximate surface area is 190 Å². The van der Waals surface area contributed by atoms with Gasteiger partial charge in [-0.1, -0.05) is 17.8 Å². The summed E-state index contributed by atoms with van der Waals surface area (Å²) in [5, 5.41) is 7.26. The second-order valence-electron chi connectivity index (χ2n) is 7.02. The number of benzene rings is 2. The monoisotopic (exact) mass is 453 g/mol. The van der Waals surface area contributed by atoms with Crippen LogP contribution in [0.15, 0.2) is 66.0 Å². The zero-order chi connectivity index (χ0) is 22.7. The van der Waals surface area contributed by atoms with Crippen molar-refractivity contribution in [1.29, 1.82) is 0 Å². The molecule has 2 aromatic carbocycles. The van der Waals surface area contributed by atoms with Crippen molar-refractivity contribution in [1.82, 2.24) is 10.3 Å². The average Bonchev–Trinajstić information content (AvgIpc) is 3.23. The Kier molecular flexibility index (Phi) is 6.22. The van der Waals surface area contributed by atoms with Gasteiger partial charge in [-0.2, -0.15) is 5.10 Å². The maximum atomic E-state index is 13.0. The number of anilines is 2. The van der Waals surface area contributed by atoms with E-state index in [0.29, 0.717) is 28.0 Å². The zero-order valence-electron chi connectivity index (χ0n) is 17.8. The van der Waals surface area contributed by atoms with Crippen LogP contribution < -0.4 is 25.1 Å². The topological polar surface area (TPSA) is 95.5 Å². The van der Waals surface area contributed by atoms with Gasteiger partial charge in [0, 0.05) is 24.2 Å². The largest absolute Gasteiger partial charge is 0.497 e. The quantitative estimate of drug-likeness (QED) is 0.694. The van der Waals surface area contributed by atoms with Crippen molar-refractivity contribution >= 4 is 40.1 Å². The molecule has 2 unspecified atom stereocenters. The lowest BCUT2D eigenvalue weighted by Crippen LogP contribution is -2.52. The second kappa shape index (κ2) is 9.23. The number of fused-ring (bicyclic) bond motifs is 1. The molecule has 0 aromatic heterocycles. The maximum absolute atomic E-state index is 13.0. The summed E-state index contributed by atoms with van der Waals surface area (Å²) in [6, 6.07) is 14.4. The summed E-state index contributed by atoms with van der Waals surface area (Å²) < 4.78 is 10.4. The van der Waals surface area contributed by atoms with Crippen LogP contribution >= 0.6 is 11.8 Å². The molecule has 0 spiro atoms. The van der Waals surface area contributed by atoms with Gasteiger partial charge in [-0.25, -0.2) is 0 Å². The lowest BCUT2D eigenvalue weighted by Gasteiger charge is -2.32. The molecule has 2 aromatic rings. The number of amides is 2. The van der Waals surface area contributed by atoms with E-state index in [1.165, 1.54) is 11.8 Å². The number of amidine groups is 1. The standard InChI is InChI=1S/C22H23N5O4S/c1-14(20(28)23-15-7-9-17(30-2)10-8-15)32-22-25-24-19-21(29)26(11-12-27(19)22)16-5-4-6-18(13-16)31-3/h4-14,19,24H,1-3H3,(H,23,28). The van der Waals surface area contributed by atoms with Crippen LogP contribution in [0, 0.1) is 0 Å². The lowest BCUT2D eigenvalue weighted by molar-refractivity contribution is -0.122. The minimum Gasteiger partial charge on any atom is -0.497 e. The predicted octanol–water partition coefficient (Wildman–Crippen LogP) is 2.78. The van der Waals surface area contributed by atoms with Crippen LogP contribution in [0.1, 0.15) is 6.92 Å². The molecule has 0 fully saturated rings. The van der Waals surface area contributed by atoms with Gasteiger partial charge in [-0.3, -0.25) is 24.8 Å². The summed E-state index contributed by atoms with van der Waals surface area (Å²) in [6.45, 7) is 1.79. The van der Waals surface area contributed by atoms with Crippen LogP contribution in [-0.4, -0.2) is 47.5 Å². The number of thioether (sulfide) groups is 1. The van der Waals surface area contributed by atoms with Crippen molar-refractivity contribution < 1.29 is 19.1 Å². The molecule has 2 N–H and O–H groups in total. The van der Waals surface area contributed by atoms with Crippen LogP contribution in [0.25, 0.3) is 0 Å². The Hall–Kier alpha value is -3.66. The highest BCUT2D eigenvalue weighted by atomic mass is 32.2. The van der Waals surface area contributed by atoms with Gasteiger partial charge in [-0.05, 0) is 43.3 Å². The summed E-state index contributed by atoms with van der Waals surface area (Å²) in [7, 11) is 3.17. The number of nitrogens with one attached hydrogen (secondary N) is 2. The first-order valence-corrected chi connectivity index (χ1v) is 10.8. The third-order valence-corrected chi connectivity index (χ3v) is 6.05. The molecule has 32 heavy (non-hydrogen) atoms. The number of hydrogen-bond donors (Lipinski definition) is 2. The van der Waals surface area contributed by atoms with Gasteiger partial charge >= 0.3 is 0 Å². The zero-order valence-corrected chi connectivity index (χ0v) is 18.6. The maximum Gasteiger partial charge on any atom is 0.276 e. The van der Waals surface area contributed by atoms with E-state index >= 15 is 0 Å². The number of hydrogen-bond acceptors (Lipinski definition) is 8. The highest BCUT2D eigenvalue weighted by Crippen LogP contribution is 2.29. The van der Waals surface area contributed by atoms with Crippen molar-refractivity contribution in [2.45, 2.75) is 18.3 Å². The molecule has 166 valence electrons. The second-order valence-corrected chi connectivity index (χ2v) is 8.33. The smallest absolute Gasteiger partial charge is 0.276 e. The molecule has 2 atom stereocenters. The van der Waals surface area contributed by atoms with E-state index in [-0.39, 0.29) is 11.8 Å². The number of carbonyl (C=O) groups excluding carboxylic acids is 2. The SMILES string of the molecule is COc1ccc(NC(=O)C(C)SC2=NNC3C(=O)N(c4cccc(OC)c4)C=CN23)cc1. The number of nitrogens with zero attached hydrogens (tertiary/aromatic N) is 3. The molecule has 0 saturated carbocycles. The van der Waals surface area contributed by atoms with Crippen LogP contribution in [-0.2, 0) is 9.59 Å². The van der Waals surface area contributed by atoms with E-state index in [4.69, 9.17) is 9.47 Å². The average molecular weight is 454 g/mol. The normalized spacial score (nSPS) is 17.9. The minimum absolute atomic E-state index is 0.170. The molecule has 0 radical (unpaired) electrons. The van der Waals surface area contributed by atoms with Gasteiger partial charge in [0.1, 0.15) is 11.5 Å². The summed E-state index contributed by atoms with van der Waals surface area (Å²) in [4.78, 5) is 28.9. The van der Waals surface area contributed by atoms with Crippen molar-refractivity contribution in [2.24, 2.45) is 5.10 Å². The van der Waals surface area contributed by atoms with Gasteiger partial charge < -0.3 is 14.8 Å². The van der Waals surface area contributed by atoms with Gasteiger partial charge in [-0.15, -0.1) is 0 Å². The number of methoxy groups -OCH3 is 2. The minimum atomic E-state index is -0.675. The molecule has 0 saturated heterocycles. The summed E-state index contributed by atoms with van der Waals surface area (Å²) in [5.41, 5.74) is 4.24. The molecule has 4 rings (SSSR count). The lowest BCUT2D eigenvalue weighted by atomic mass is 10.2. The molecular formula is C22H23N5O4S. The molecule has 10 heteroatoms. The van der Waals surface area contributed by atoms with Crippen molar-refractivity contribution in [3.05, 3.63) is 60.9 Å². The van der Waals surface area contributed by atoms with E-state index < -0.39 is 11.4 Å². The van der Waals surface area contributed by atoms with Crippen LogP contribution in [0.3, 0.4) is 0 Å². The summed E-state index contributed by atoms with van der Waals surface area (Å²) >= 11 is 1.27. The summed E-state index contributed by atoms with van der Waals surface area (Å²) in [5.74, 6) is 1.02. The first-order valence-electron chi connectivity index (χ1n) is 9.88. The fourth-order valence-corrected chi connectivity index (χ4v) is 4.08. The van der Waals surface area contributed by atoms with Gasteiger partial charge in [0.15, 0.2) is 5.17 Å². The number of hydrazone groups is 1. The third kappa shape index (κ3) is 4.35. The van der Waals surface area contributed by atoms with Gasteiger partial charge in [0.25, 0.3) is 5.91 Å². The highest BCUT2D eigenvalue weighted by molar-refractivity contribution is 8.14. The van der Waals surface area contributed by atoms with E-state index in [1.54, 1.807) is 73.7 Å². The number of rotatable bonds is 6. The van der Waals surface area contributed by atoms with Crippen LogP contribution in [0.5, 0.6) is 11.5 Å². The van der Waals surface area contributed by atoms with Crippen LogP contribution in [0.2, 0.25) is 0 Å². The van der Waals surface area contributed by atoms with Crippen LogP contribution in [0.4, 0.5) is 11.4 Å². The van der Waals surface area contributed by atoms with Crippen molar-refractivity contribution in [3.8, 4) is 11.5 Å². The molecule has 2 aliphatic rings. The molecule has 2 aliphatic heterocycles. The molecular weight excluding hydrogens is 430 g/mol. The van der Waals surface area contributed by atoms with Crippen molar-refractivity contribution in [3.63, 3.8) is 0 Å². The van der Waals surface area contributed by atoms with E-state index in [0.717, 1.165) is 0 Å². The Morgan fingerprint density at radius 2 is 1.88 bits per heavy atom. The number of carbonyl (C=O) groups is 2. The first-order chi connectivity index (χ1) is 15.5. The third-order valence-electron chi connectivity index (χ3n) is 4.97. The van der Waals surface area contributed by atoms with E-state index in [1.807, 2.05) is 18.2 Å². The fourth-order valence-electron chi connectivity index (χ4n) is 3.21. The van der Waals surface area contributed by atoms with Crippen molar-refractivity contribution in [2.75, 3.05) is 24.4 Å².